The first kappa shape index (κ1) is 17.8. The van der Waals surface area contributed by atoms with Crippen LogP contribution in [0.2, 0.25) is 0 Å². The molecule has 3 aromatic heterocycles. The third-order valence-corrected chi connectivity index (χ3v) is 6.53. The van der Waals surface area contributed by atoms with Crippen LogP contribution in [0.4, 0.5) is 5.69 Å². The SMILES string of the molecule is O=C(Cn1cnc2scc(-c3cccs3)c2c1=O)Nc1ccc2c(c1)C(=O)NC2. The summed E-state index contributed by atoms with van der Waals surface area (Å²) in [6.07, 6.45) is 1.40. The van der Waals surface area contributed by atoms with Crippen molar-refractivity contribution in [1.29, 1.82) is 0 Å². The highest BCUT2D eigenvalue weighted by Gasteiger charge is 2.19. The summed E-state index contributed by atoms with van der Waals surface area (Å²) in [6, 6.07) is 9.09. The van der Waals surface area contributed by atoms with E-state index in [9.17, 15) is 14.4 Å². The lowest BCUT2D eigenvalue weighted by Crippen LogP contribution is -2.27. The fourth-order valence-corrected chi connectivity index (χ4v) is 5.06. The summed E-state index contributed by atoms with van der Waals surface area (Å²) in [4.78, 5) is 43.3. The van der Waals surface area contributed by atoms with E-state index < -0.39 is 0 Å². The third kappa shape index (κ3) is 3.14. The second-order valence-electron chi connectivity index (χ2n) is 6.59. The molecule has 1 aromatic carbocycles. The van der Waals surface area contributed by atoms with E-state index in [0.717, 1.165) is 16.0 Å². The number of amides is 2. The molecule has 29 heavy (non-hydrogen) atoms. The van der Waals surface area contributed by atoms with Crippen molar-refractivity contribution >= 4 is 50.4 Å². The van der Waals surface area contributed by atoms with Gasteiger partial charge in [-0.05, 0) is 29.1 Å². The second-order valence-corrected chi connectivity index (χ2v) is 8.39. The molecule has 0 spiro atoms. The zero-order chi connectivity index (χ0) is 20.0. The van der Waals surface area contributed by atoms with Gasteiger partial charge in [-0.3, -0.25) is 19.0 Å². The Bertz CT molecular complexity index is 1320. The predicted octanol–water partition coefficient (Wildman–Crippen LogP) is 3.07. The van der Waals surface area contributed by atoms with Gasteiger partial charge in [0.25, 0.3) is 11.5 Å². The Morgan fingerprint density at radius 2 is 2.10 bits per heavy atom. The first-order valence-corrected chi connectivity index (χ1v) is 10.6. The van der Waals surface area contributed by atoms with Gasteiger partial charge in [0.05, 0.1) is 11.7 Å². The maximum atomic E-state index is 13.0. The molecule has 0 saturated carbocycles. The van der Waals surface area contributed by atoms with Crippen LogP contribution in [-0.4, -0.2) is 21.4 Å². The third-order valence-electron chi connectivity index (χ3n) is 4.74. The van der Waals surface area contributed by atoms with Crippen LogP contribution in [0.3, 0.4) is 0 Å². The number of aromatic nitrogens is 2. The minimum atomic E-state index is -0.362. The number of thiophene rings is 2. The number of fused-ring (bicyclic) bond motifs is 2. The molecule has 0 fully saturated rings. The molecule has 4 heterocycles. The van der Waals surface area contributed by atoms with Gasteiger partial charge in [0.2, 0.25) is 5.91 Å². The van der Waals surface area contributed by atoms with E-state index >= 15 is 0 Å². The molecule has 4 aromatic rings. The van der Waals surface area contributed by atoms with E-state index in [1.807, 2.05) is 22.9 Å². The molecule has 2 amide bonds. The van der Waals surface area contributed by atoms with Crippen LogP contribution in [0.5, 0.6) is 0 Å². The average Bonchev–Trinajstić information content (AvgIpc) is 3.44. The van der Waals surface area contributed by atoms with Crippen molar-refractivity contribution < 1.29 is 9.59 Å². The van der Waals surface area contributed by atoms with Gasteiger partial charge in [0.1, 0.15) is 11.4 Å². The summed E-state index contributed by atoms with van der Waals surface area (Å²) >= 11 is 2.97. The van der Waals surface area contributed by atoms with Crippen molar-refractivity contribution in [3.05, 3.63) is 68.9 Å². The number of anilines is 1. The maximum absolute atomic E-state index is 13.0. The molecule has 2 N–H and O–H groups in total. The van der Waals surface area contributed by atoms with E-state index in [-0.39, 0.29) is 23.9 Å². The summed E-state index contributed by atoms with van der Waals surface area (Å²) in [6.45, 7) is 0.335. The van der Waals surface area contributed by atoms with E-state index in [1.54, 1.807) is 29.5 Å². The zero-order valence-corrected chi connectivity index (χ0v) is 16.6. The topological polar surface area (TPSA) is 93.1 Å². The van der Waals surface area contributed by atoms with Gasteiger partial charge in [0, 0.05) is 33.6 Å². The van der Waals surface area contributed by atoms with E-state index in [2.05, 4.69) is 15.6 Å². The highest BCUT2D eigenvalue weighted by Crippen LogP contribution is 2.33. The van der Waals surface area contributed by atoms with Gasteiger partial charge in [-0.1, -0.05) is 12.1 Å². The Balaban J connectivity index is 1.42. The van der Waals surface area contributed by atoms with E-state index in [1.165, 1.54) is 22.2 Å². The van der Waals surface area contributed by atoms with Gasteiger partial charge < -0.3 is 10.6 Å². The molecule has 0 atom stereocenters. The maximum Gasteiger partial charge on any atom is 0.263 e. The number of nitrogens with one attached hydrogen (secondary N) is 2. The monoisotopic (exact) mass is 422 g/mol. The normalized spacial score (nSPS) is 12.8. The molecule has 9 heteroatoms. The molecule has 0 radical (unpaired) electrons. The van der Waals surface area contributed by atoms with Gasteiger partial charge in [-0.15, -0.1) is 22.7 Å². The number of hydrogen-bond acceptors (Lipinski definition) is 6. The lowest BCUT2D eigenvalue weighted by atomic mass is 10.1. The highest BCUT2D eigenvalue weighted by atomic mass is 32.1. The first-order valence-electron chi connectivity index (χ1n) is 8.81. The largest absolute Gasteiger partial charge is 0.348 e. The lowest BCUT2D eigenvalue weighted by Gasteiger charge is -2.08. The van der Waals surface area contributed by atoms with E-state index in [0.29, 0.717) is 28.0 Å². The average molecular weight is 422 g/mol. The Hall–Kier alpha value is -3.30. The number of carbonyl (C=O) groups excluding carboxylic acids is 2. The van der Waals surface area contributed by atoms with Crippen molar-refractivity contribution in [2.75, 3.05) is 5.32 Å². The summed E-state index contributed by atoms with van der Waals surface area (Å²) in [5, 5.41) is 9.90. The van der Waals surface area contributed by atoms with Crippen LogP contribution in [0, 0.1) is 0 Å². The molecule has 0 saturated heterocycles. The molecule has 1 aliphatic heterocycles. The van der Waals surface area contributed by atoms with Crippen LogP contribution < -0.4 is 16.2 Å². The number of benzene rings is 1. The van der Waals surface area contributed by atoms with Gasteiger partial charge >= 0.3 is 0 Å². The van der Waals surface area contributed by atoms with Crippen molar-refractivity contribution in [2.24, 2.45) is 0 Å². The number of carbonyl (C=O) groups is 2. The highest BCUT2D eigenvalue weighted by molar-refractivity contribution is 7.18. The Kier molecular flexibility index (Phi) is 4.26. The zero-order valence-electron chi connectivity index (χ0n) is 15.0. The summed E-state index contributed by atoms with van der Waals surface area (Å²) < 4.78 is 1.31. The van der Waals surface area contributed by atoms with Crippen molar-refractivity contribution in [2.45, 2.75) is 13.1 Å². The van der Waals surface area contributed by atoms with Crippen LogP contribution in [0.25, 0.3) is 20.7 Å². The van der Waals surface area contributed by atoms with Crippen LogP contribution >= 0.6 is 22.7 Å². The molecule has 0 aliphatic carbocycles. The second kappa shape index (κ2) is 6.94. The standard InChI is InChI=1S/C20H14N4O3S2/c25-16(23-12-4-3-11-7-21-18(26)13(11)6-12)8-24-10-22-19-17(20(24)27)14(9-29-19)15-2-1-5-28-15/h1-6,9-10H,7-8H2,(H,21,26)(H,23,25). The summed E-state index contributed by atoms with van der Waals surface area (Å²) in [5.74, 6) is -0.514. The number of hydrogen-bond donors (Lipinski definition) is 2. The van der Waals surface area contributed by atoms with Crippen LogP contribution in [-0.2, 0) is 17.9 Å². The summed E-state index contributed by atoms with van der Waals surface area (Å²) in [5.41, 5.74) is 2.57. The van der Waals surface area contributed by atoms with Crippen molar-refractivity contribution in [3.8, 4) is 10.4 Å². The number of rotatable bonds is 4. The number of nitrogens with zero attached hydrogens (tertiary/aromatic N) is 2. The molecule has 144 valence electrons. The minimum absolute atomic E-state index is 0.152. The fourth-order valence-electron chi connectivity index (χ4n) is 3.34. The Labute approximate surface area is 172 Å². The predicted molar refractivity (Wildman–Crippen MR) is 113 cm³/mol. The first-order chi connectivity index (χ1) is 14.1. The Morgan fingerprint density at radius 3 is 2.93 bits per heavy atom. The minimum Gasteiger partial charge on any atom is -0.348 e. The Morgan fingerprint density at radius 1 is 1.21 bits per heavy atom. The van der Waals surface area contributed by atoms with Gasteiger partial charge in [-0.2, -0.15) is 0 Å². The lowest BCUT2D eigenvalue weighted by molar-refractivity contribution is -0.116. The van der Waals surface area contributed by atoms with Gasteiger partial charge in [-0.25, -0.2) is 4.98 Å². The molecule has 0 bridgehead atoms. The molecular weight excluding hydrogens is 408 g/mol. The summed E-state index contributed by atoms with van der Waals surface area (Å²) in [7, 11) is 0. The van der Waals surface area contributed by atoms with Crippen molar-refractivity contribution in [3.63, 3.8) is 0 Å². The molecule has 7 nitrogen and oxygen atoms in total. The van der Waals surface area contributed by atoms with E-state index in [4.69, 9.17) is 0 Å². The van der Waals surface area contributed by atoms with Gasteiger partial charge in [0.15, 0.2) is 0 Å². The quantitative estimate of drug-likeness (QED) is 0.529. The fraction of sp³-hybridized carbons (Fsp3) is 0.100. The molecule has 0 unspecified atom stereocenters. The molecule has 1 aliphatic rings. The molecule has 5 rings (SSSR count). The smallest absolute Gasteiger partial charge is 0.263 e. The van der Waals surface area contributed by atoms with Crippen LogP contribution in [0.1, 0.15) is 15.9 Å². The van der Waals surface area contributed by atoms with Crippen LogP contribution in [0.15, 0.2) is 52.2 Å². The van der Waals surface area contributed by atoms with Crippen molar-refractivity contribution in [1.82, 2.24) is 14.9 Å². The molecular formula is C20H14N4O3S2.